The van der Waals surface area contributed by atoms with Crippen LogP contribution in [0.25, 0.3) is 0 Å². The zero-order valence-corrected chi connectivity index (χ0v) is 23.9. The van der Waals surface area contributed by atoms with Gasteiger partial charge in [-0.2, -0.15) is 5.10 Å². The highest BCUT2D eigenvalue weighted by molar-refractivity contribution is 5.74. The molecule has 2 aromatic heterocycles. The first kappa shape index (κ1) is 28.8. The Balaban J connectivity index is 1.35. The lowest BCUT2D eigenvalue weighted by atomic mass is 9.86. The average Bonchev–Trinajstić information content (AvgIpc) is 3.22. The van der Waals surface area contributed by atoms with Crippen LogP contribution in [0.5, 0.6) is 0 Å². The molecule has 0 bridgehead atoms. The van der Waals surface area contributed by atoms with E-state index in [1.165, 1.54) is 6.08 Å². The van der Waals surface area contributed by atoms with Crippen LogP contribution in [0.2, 0.25) is 0 Å². The Labute approximate surface area is 237 Å². The number of nitrogens with zero attached hydrogens (tertiary/aromatic N) is 5. The Morgan fingerprint density at radius 3 is 2.63 bits per heavy atom. The fourth-order valence-corrected chi connectivity index (χ4v) is 6.03. The molecule has 3 atom stereocenters. The van der Waals surface area contributed by atoms with E-state index in [4.69, 9.17) is 4.74 Å². The van der Waals surface area contributed by atoms with E-state index >= 15 is 4.39 Å². The molecule has 5 rings (SSSR count). The molecule has 41 heavy (non-hydrogen) atoms. The van der Waals surface area contributed by atoms with Gasteiger partial charge in [0, 0.05) is 38.2 Å². The minimum atomic E-state index is -0.872. The highest BCUT2D eigenvalue weighted by Crippen LogP contribution is 2.39. The summed E-state index contributed by atoms with van der Waals surface area (Å²) in [6.07, 6.45) is 8.31. The molecular formula is C29H37F2N7O3. The van der Waals surface area contributed by atoms with Gasteiger partial charge in [0.05, 0.1) is 11.7 Å². The van der Waals surface area contributed by atoms with E-state index in [0.717, 1.165) is 11.8 Å². The van der Waals surface area contributed by atoms with Gasteiger partial charge in [-0.1, -0.05) is 18.2 Å². The number of hydrogen-bond donors (Lipinski definition) is 2. The SMILES string of the molecule is COC(C)(C)c1nnc2n1C[C@H](C1C=CC=CC(F)=C1F)CC[C@H]2NC(=O)N1CCC(c2cc(C)n[nH]c2=O)CC1. The number of urea groups is 1. The summed E-state index contributed by atoms with van der Waals surface area (Å²) in [4.78, 5) is 27.5. The quantitative estimate of drug-likeness (QED) is 0.548. The Kier molecular flexibility index (Phi) is 8.21. The van der Waals surface area contributed by atoms with Crippen LogP contribution in [-0.2, 0) is 16.9 Å². The number of halogens is 2. The number of amides is 2. The normalized spacial score (nSPS) is 23.8. The van der Waals surface area contributed by atoms with E-state index < -0.39 is 29.2 Å². The predicted molar refractivity (Wildman–Crippen MR) is 148 cm³/mol. The summed E-state index contributed by atoms with van der Waals surface area (Å²) in [5, 5.41) is 18.5. The first-order chi connectivity index (χ1) is 19.6. The maximum Gasteiger partial charge on any atom is 0.317 e. The number of fused-ring (bicyclic) bond motifs is 1. The topological polar surface area (TPSA) is 118 Å². The number of aryl methyl sites for hydroxylation is 1. The summed E-state index contributed by atoms with van der Waals surface area (Å²) >= 11 is 0. The molecular weight excluding hydrogens is 532 g/mol. The molecule has 220 valence electrons. The van der Waals surface area contributed by atoms with Gasteiger partial charge < -0.3 is 19.5 Å². The van der Waals surface area contributed by atoms with Crippen LogP contribution in [0.1, 0.15) is 74.4 Å². The van der Waals surface area contributed by atoms with Gasteiger partial charge in [-0.05, 0) is 70.4 Å². The third kappa shape index (κ3) is 5.88. The van der Waals surface area contributed by atoms with Crippen LogP contribution in [-0.4, -0.2) is 56.1 Å². The number of H-pyrrole nitrogens is 1. The Bertz CT molecular complexity index is 1440. The molecule has 1 unspecified atom stereocenters. The van der Waals surface area contributed by atoms with Crippen LogP contribution in [0.4, 0.5) is 13.6 Å². The Hall–Kier alpha value is -3.67. The molecule has 12 heteroatoms. The maximum absolute atomic E-state index is 15.1. The maximum atomic E-state index is 15.1. The number of rotatable bonds is 5. The van der Waals surface area contributed by atoms with E-state index in [9.17, 15) is 14.0 Å². The van der Waals surface area contributed by atoms with E-state index in [2.05, 4.69) is 25.7 Å². The van der Waals surface area contributed by atoms with Gasteiger partial charge in [-0.25, -0.2) is 18.7 Å². The second-order valence-corrected chi connectivity index (χ2v) is 11.6. The van der Waals surface area contributed by atoms with Crippen molar-refractivity contribution in [2.24, 2.45) is 11.8 Å². The average molecular weight is 570 g/mol. The Morgan fingerprint density at radius 1 is 1.15 bits per heavy atom. The minimum absolute atomic E-state index is 0.0514. The summed E-state index contributed by atoms with van der Waals surface area (Å²) in [6.45, 7) is 6.91. The minimum Gasteiger partial charge on any atom is -0.371 e. The van der Waals surface area contributed by atoms with E-state index in [1.807, 2.05) is 31.4 Å². The van der Waals surface area contributed by atoms with E-state index in [-0.39, 0.29) is 23.4 Å². The first-order valence-corrected chi connectivity index (χ1v) is 14.1. The molecule has 3 aliphatic rings. The number of aromatic amines is 1. The van der Waals surface area contributed by atoms with Crippen LogP contribution < -0.4 is 10.9 Å². The third-order valence-corrected chi connectivity index (χ3v) is 8.56. The number of ether oxygens (including phenoxy) is 1. The molecule has 0 spiro atoms. The van der Waals surface area contributed by atoms with Gasteiger partial charge in [0.15, 0.2) is 17.5 Å². The number of nitrogens with one attached hydrogen (secondary N) is 2. The number of aromatic nitrogens is 5. The van der Waals surface area contributed by atoms with Crippen molar-refractivity contribution in [1.29, 1.82) is 0 Å². The lowest BCUT2D eigenvalue weighted by molar-refractivity contribution is 0.00737. The van der Waals surface area contributed by atoms with Gasteiger partial charge >= 0.3 is 6.03 Å². The van der Waals surface area contributed by atoms with Gasteiger partial charge in [-0.15, -0.1) is 10.2 Å². The molecule has 0 aromatic carbocycles. The van der Waals surface area contributed by atoms with Gasteiger partial charge in [-0.3, -0.25) is 4.79 Å². The molecule has 4 heterocycles. The number of piperidine rings is 1. The van der Waals surface area contributed by atoms with Crippen molar-refractivity contribution in [2.45, 2.75) is 70.6 Å². The van der Waals surface area contributed by atoms with Crippen molar-refractivity contribution < 1.29 is 18.3 Å². The van der Waals surface area contributed by atoms with E-state index in [0.29, 0.717) is 62.5 Å². The molecule has 2 aliphatic heterocycles. The molecule has 2 N–H and O–H groups in total. The van der Waals surface area contributed by atoms with Gasteiger partial charge in [0.2, 0.25) is 0 Å². The molecule has 2 amide bonds. The second-order valence-electron chi connectivity index (χ2n) is 11.6. The molecule has 10 nitrogen and oxygen atoms in total. The molecule has 1 fully saturated rings. The summed E-state index contributed by atoms with van der Waals surface area (Å²) in [7, 11) is 1.58. The number of hydrogen-bond acceptors (Lipinski definition) is 6. The lowest BCUT2D eigenvalue weighted by Gasteiger charge is -2.33. The molecule has 2 aromatic rings. The highest BCUT2D eigenvalue weighted by Gasteiger charge is 2.38. The fraction of sp³-hybridized carbons (Fsp3) is 0.552. The Morgan fingerprint density at radius 2 is 1.90 bits per heavy atom. The van der Waals surface area contributed by atoms with Crippen LogP contribution in [0, 0.1) is 18.8 Å². The van der Waals surface area contributed by atoms with Crippen molar-refractivity contribution in [1.82, 2.24) is 35.2 Å². The monoisotopic (exact) mass is 569 g/mol. The lowest BCUT2D eigenvalue weighted by Crippen LogP contribution is -2.46. The van der Waals surface area contributed by atoms with Crippen molar-refractivity contribution >= 4 is 6.03 Å². The number of carbonyl (C=O) groups is 1. The molecule has 1 aliphatic carbocycles. The fourth-order valence-electron chi connectivity index (χ4n) is 6.03. The van der Waals surface area contributed by atoms with Crippen molar-refractivity contribution in [3.05, 3.63) is 75.3 Å². The summed E-state index contributed by atoms with van der Waals surface area (Å²) < 4.78 is 37.1. The summed E-state index contributed by atoms with van der Waals surface area (Å²) in [5.41, 5.74) is 0.473. The smallest absolute Gasteiger partial charge is 0.317 e. The van der Waals surface area contributed by atoms with Crippen LogP contribution in [0.15, 0.2) is 46.8 Å². The number of likely N-dealkylation sites (tertiary alicyclic amines) is 1. The number of carbonyl (C=O) groups excluding carboxylic acids is 1. The summed E-state index contributed by atoms with van der Waals surface area (Å²) in [5.74, 6) is -1.55. The first-order valence-electron chi connectivity index (χ1n) is 14.1. The largest absolute Gasteiger partial charge is 0.371 e. The molecule has 0 saturated carbocycles. The van der Waals surface area contributed by atoms with E-state index in [1.54, 1.807) is 24.2 Å². The van der Waals surface area contributed by atoms with Gasteiger partial charge in [0.25, 0.3) is 5.56 Å². The van der Waals surface area contributed by atoms with Crippen molar-refractivity contribution in [2.75, 3.05) is 20.2 Å². The number of methoxy groups -OCH3 is 1. The van der Waals surface area contributed by atoms with Gasteiger partial charge in [0.1, 0.15) is 11.4 Å². The molecule has 0 radical (unpaired) electrons. The van der Waals surface area contributed by atoms with Crippen molar-refractivity contribution in [3.63, 3.8) is 0 Å². The van der Waals surface area contributed by atoms with Crippen molar-refractivity contribution in [3.8, 4) is 0 Å². The molecule has 1 saturated heterocycles. The number of allylic oxidation sites excluding steroid dienone is 6. The summed E-state index contributed by atoms with van der Waals surface area (Å²) in [6, 6.07) is 1.11. The second kappa shape index (κ2) is 11.7. The predicted octanol–water partition coefficient (Wildman–Crippen LogP) is 4.48. The van der Waals surface area contributed by atoms with Crippen LogP contribution in [0.3, 0.4) is 0 Å². The zero-order valence-electron chi connectivity index (χ0n) is 23.9. The van der Waals surface area contributed by atoms with Crippen LogP contribution >= 0.6 is 0 Å². The highest BCUT2D eigenvalue weighted by atomic mass is 19.2. The standard InChI is InChI=1S/C29H37F2N7O3/c1-17-15-21(26(39)35-33-17)18-11-13-37(14-12-18)28(40)32-23-10-9-19(20-7-5-6-8-22(30)24(20)31)16-38-25(23)34-36-27(38)29(2,3)41-4/h5-8,15,18-20,23H,9-14,16H2,1-4H3,(H,32,40)(H,35,39)/t19-,20?,23-/m1/s1. The zero-order chi connectivity index (χ0) is 29.3. The third-order valence-electron chi connectivity index (χ3n) is 8.56.